The highest BCUT2D eigenvalue weighted by atomic mass is 19.1. The molecule has 6 heteroatoms. The molecule has 0 radical (unpaired) electrons. The van der Waals surface area contributed by atoms with Gasteiger partial charge in [0.05, 0.1) is 6.10 Å². The minimum absolute atomic E-state index is 0.236. The van der Waals surface area contributed by atoms with E-state index < -0.39 is 0 Å². The number of methoxy groups -OCH3 is 1. The maximum absolute atomic E-state index is 13.3. The van der Waals surface area contributed by atoms with Crippen molar-refractivity contribution in [2.75, 3.05) is 27.7 Å². The molecule has 0 aliphatic heterocycles. The van der Waals surface area contributed by atoms with Crippen LogP contribution in [0, 0.1) is 11.6 Å². The molecule has 0 aromatic heterocycles. The molecule has 0 fully saturated rings. The van der Waals surface area contributed by atoms with Crippen LogP contribution in [0.4, 0.5) is 8.78 Å². The first-order valence-electron chi connectivity index (χ1n) is 7.98. The summed E-state index contributed by atoms with van der Waals surface area (Å²) in [5, 5.41) is 3.23. The molecule has 0 bridgehead atoms. The molecule has 1 unspecified atom stereocenters. The van der Waals surface area contributed by atoms with Gasteiger partial charge in [-0.2, -0.15) is 0 Å². The molecule has 2 rings (SSSR count). The van der Waals surface area contributed by atoms with Gasteiger partial charge in [0, 0.05) is 34.3 Å². The van der Waals surface area contributed by atoms with Crippen LogP contribution in [0.3, 0.4) is 0 Å². The molecule has 134 valence electrons. The van der Waals surface area contributed by atoms with E-state index in [9.17, 15) is 8.78 Å². The summed E-state index contributed by atoms with van der Waals surface area (Å²) < 4.78 is 31.8. The number of aliphatic imine (C=N–C) groups is 1. The zero-order valence-electron chi connectivity index (χ0n) is 14.7. The van der Waals surface area contributed by atoms with Crippen LogP contribution in [-0.2, 0) is 11.3 Å². The van der Waals surface area contributed by atoms with Crippen LogP contribution in [0.1, 0.15) is 17.2 Å². The number of rotatable bonds is 6. The molecule has 1 N–H and O–H groups in total. The van der Waals surface area contributed by atoms with Crippen LogP contribution < -0.4 is 5.32 Å². The molecule has 25 heavy (non-hydrogen) atoms. The van der Waals surface area contributed by atoms with Gasteiger partial charge in [-0.15, -0.1) is 0 Å². The predicted molar refractivity (Wildman–Crippen MR) is 95.4 cm³/mol. The highest BCUT2D eigenvalue weighted by Gasteiger charge is 2.13. The summed E-state index contributed by atoms with van der Waals surface area (Å²) in [4.78, 5) is 6.14. The Kier molecular flexibility index (Phi) is 6.89. The van der Waals surface area contributed by atoms with E-state index in [1.165, 1.54) is 24.3 Å². The van der Waals surface area contributed by atoms with E-state index >= 15 is 0 Å². The summed E-state index contributed by atoms with van der Waals surface area (Å²) >= 11 is 0. The van der Waals surface area contributed by atoms with Crippen LogP contribution >= 0.6 is 0 Å². The standard InChI is InChI=1S/C19H23F2N3O/c1-22-19(24(2)13-14-5-4-6-17(21)11-14)23-12-18(25-3)15-7-9-16(20)10-8-15/h4-11,18H,12-13H2,1-3H3,(H,22,23). The fourth-order valence-corrected chi connectivity index (χ4v) is 2.57. The summed E-state index contributed by atoms with van der Waals surface area (Å²) in [6.45, 7) is 0.994. The van der Waals surface area contributed by atoms with Crippen LogP contribution in [0.5, 0.6) is 0 Å². The summed E-state index contributed by atoms with van der Waals surface area (Å²) in [5.74, 6) is 0.121. The Morgan fingerprint density at radius 1 is 1.16 bits per heavy atom. The number of nitrogens with one attached hydrogen (secondary N) is 1. The van der Waals surface area contributed by atoms with E-state index in [1.54, 1.807) is 32.4 Å². The molecule has 2 aromatic rings. The van der Waals surface area contributed by atoms with Crippen LogP contribution in [0.2, 0.25) is 0 Å². The molecule has 4 nitrogen and oxygen atoms in total. The van der Waals surface area contributed by atoms with Gasteiger partial charge in [-0.05, 0) is 35.4 Å². The van der Waals surface area contributed by atoms with Crippen molar-refractivity contribution in [1.82, 2.24) is 10.2 Å². The van der Waals surface area contributed by atoms with Crippen molar-refractivity contribution < 1.29 is 13.5 Å². The fraction of sp³-hybridized carbons (Fsp3) is 0.316. The fourth-order valence-electron chi connectivity index (χ4n) is 2.57. The van der Waals surface area contributed by atoms with Crippen LogP contribution in [0.15, 0.2) is 53.5 Å². The number of hydrogen-bond donors (Lipinski definition) is 1. The normalized spacial score (nSPS) is 12.8. The van der Waals surface area contributed by atoms with Crippen molar-refractivity contribution in [3.05, 3.63) is 71.3 Å². The Labute approximate surface area is 147 Å². The van der Waals surface area contributed by atoms with E-state index in [0.717, 1.165) is 11.1 Å². The molecular weight excluding hydrogens is 324 g/mol. The van der Waals surface area contributed by atoms with Crippen molar-refractivity contribution in [2.45, 2.75) is 12.6 Å². The van der Waals surface area contributed by atoms with Gasteiger partial charge in [-0.1, -0.05) is 24.3 Å². The second kappa shape index (κ2) is 9.13. The lowest BCUT2D eigenvalue weighted by molar-refractivity contribution is 0.106. The third-order valence-electron chi connectivity index (χ3n) is 3.85. The molecule has 2 aromatic carbocycles. The van der Waals surface area contributed by atoms with Gasteiger partial charge >= 0.3 is 0 Å². The highest BCUT2D eigenvalue weighted by molar-refractivity contribution is 5.79. The lowest BCUT2D eigenvalue weighted by Crippen LogP contribution is -2.40. The zero-order chi connectivity index (χ0) is 18.2. The molecule has 0 amide bonds. The second-order valence-electron chi connectivity index (χ2n) is 5.69. The molecule has 0 saturated carbocycles. The molecule has 0 heterocycles. The van der Waals surface area contributed by atoms with E-state index in [2.05, 4.69) is 10.3 Å². The maximum Gasteiger partial charge on any atom is 0.193 e. The van der Waals surface area contributed by atoms with Crippen molar-refractivity contribution in [1.29, 1.82) is 0 Å². The second-order valence-corrected chi connectivity index (χ2v) is 5.69. The van der Waals surface area contributed by atoms with Gasteiger partial charge in [0.2, 0.25) is 0 Å². The first-order valence-corrected chi connectivity index (χ1v) is 7.98. The van der Waals surface area contributed by atoms with E-state index in [-0.39, 0.29) is 17.7 Å². The topological polar surface area (TPSA) is 36.9 Å². The molecule has 0 saturated heterocycles. The molecule has 0 aliphatic rings. The minimum Gasteiger partial charge on any atom is -0.375 e. The van der Waals surface area contributed by atoms with Gasteiger partial charge in [0.1, 0.15) is 11.6 Å². The van der Waals surface area contributed by atoms with E-state index in [1.807, 2.05) is 18.0 Å². The highest BCUT2D eigenvalue weighted by Crippen LogP contribution is 2.16. The zero-order valence-corrected chi connectivity index (χ0v) is 14.7. The number of halogens is 2. The Hall–Kier alpha value is -2.47. The van der Waals surface area contributed by atoms with E-state index in [0.29, 0.717) is 19.0 Å². The predicted octanol–water partition coefficient (Wildman–Crippen LogP) is 3.36. The van der Waals surface area contributed by atoms with Crippen LogP contribution in [0.25, 0.3) is 0 Å². The summed E-state index contributed by atoms with van der Waals surface area (Å²) in [5.41, 5.74) is 1.73. The Morgan fingerprint density at radius 2 is 1.88 bits per heavy atom. The number of guanidine groups is 1. The smallest absolute Gasteiger partial charge is 0.193 e. The largest absolute Gasteiger partial charge is 0.375 e. The van der Waals surface area contributed by atoms with Crippen molar-refractivity contribution in [3.63, 3.8) is 0 Å². The Morgan fingerprint density at radius 3 is 2.48 bits per heavy atom. The number of benzene rings is 2. The van der Waals surface area contributed by atoms with Crippen molar-refractivity contribution in [3.8, 4) is 0 Å². The SMILES string of the molecule is CN=C(NCC(OC)c1ccc(F)cc1)N(C)Cc1cccc(F)c1. The van der Waals surface area contributed by atoms with Gasteiger partial charge in [-0.25, -0.2) is 8.78 Å². The number of nitrogens with zero attached hydrogens (tertiary/aromatic N) is 2. The minimum atomic E-state index is -0.280. The summed E-state index contributed by atoms with van der Waals surface area (Å²) in [6, 6.07) is 12.7. The first kappa shape index (κ1) is 18.9. The Balaban J connectivity index is 1.97. The molecule has 0 spiro atoms. The van der Waals surface area contributed by atoms with Crippen LogP contribution in [-0.4, -0.2) is 38.6 Å². The third-order valence-corrected chi connectivity index (χ3v) is 3.85. The third kappa shape index (κ3) is 5.53. The maximum atomic E-state index is 13.3. The van der Waals surface area contributed by atoms with Crippen molar-refractivity contribution >= 4 is 5.96 Å². The summed E-state index contributed by atoms with van der Waals surface area (Å²) in [6.07, 6.45) is -0.236. The van der Waals surface area contributed by atoms with E-state index in [4.69, 9.17) is 4.74 Å². The van der Waals surface area contributed by atoms with Gasteiger partial charge in [0.25, 0.3) is 0 Å². The monoisotopic (exact) mass is 347 g/mol. The number of ether oxygens (including phenoxy) is 1. The Bertz CT molecular complexity index is 704. The molecule has 0 aliphatic carbocycles. The lowest BCUT2D eigenvalue weighted by atomic mass is 10.1. The summed E-state index contributed by atoms with van der Waals surface area (Å²) in [7, 11) is 5.17. The first-order chi connectivity index (χ1) is 12.0. The van der Waals surface area contributed by atoms with Gasteiger partial charge in [0.15, 0.2) is 5.96 Å². The van der Waals surface area contributed by atoms with Gasteiger partial charge < -0.3 is 15.0 Å². The van der Waals surface area contributed by atoms with Gasteiger partial charge in [-0.3, -0.25) is 4.99 Å². The molecular formula is C19H23F2N3O. The van der Waals surface area contributed by atoms with Crippen molar-refractivity contribution in [2.24, 2.45) is 4.99 Å². The average Bonchev–Trinajstić information content (AvgIpc) is 2.60. The average molecular weight is 347 g/mol. The lowest BCUT2D eigenvalue weighted by Gasteiger charge is -2.24. The molecule has 1 atom stereocenters. The quantitative estimate of drug-likeness (QED) is 0.643. The number of hydrogen-bond acceptors (Lipinski definition) is 2.